The molecular formula is C9H15NO4S2. The van der Waals surface area contributed by atoms with Crippen LogP contribution in [0, 0.1) is 6.92 Å². The molecule has 0 aliphatic heterocycles. The molecule has 0 aliphatic rings. The van der Waals surface area contributed by atoms with Gasteiger partial charge in [0, 0.05) is 18.0 Å². The fraction of sp³-hybridized carbons (Fsp3) is 0.556. The average Bonchev–Trinajstić information content (AvgIpc) is 2.65. The van der Waals surface area contributed by atoms with Crippen LogP contribution in [0.15, 0.2) is 16.3 Å². The molecule has 2 N–H and O–H groups in total. The van der Waals surface area contributed by atoms with Gasteiger partial charge in [-0.3, -0.25) is 0 Å². The van der Waals surface area contributed by atoms with Crippen molar-refractivity contribution in [2.75, 3.05) is 26.3 Å². The number of hydrogen-bond acceptors (Lipinski definition) is 5. The van der Waals surface area contributed by atoms with Gasteiger partial charge in [0.05, 0.1) is 13.2 Å². The summed E-state index contributed by atoms with van der Waals surface area (Å²) in [6.45, 7) is 1.30. The molecule has 5 nitrogen and oxygen atoms in total. The second-order valence-electron chi connectivity index (χ2n) is 3.22. The van der Waals surface area contributed by atoms with Crippen molar-refractivity contribution in [1.29, 1.82) is 0 Å². The number of nitrogens with zero attached hydrogens (tertiary/aromatic N) is 1. The Hall–Kier alpha value is -0.470. The van der Waals surface area contributed by atoms with Crippen LogP contribution in [-0.4, -0.2) is 49.2 Å². The smallest absolute Gasteiger partial charge is 0.252 e. The summed E-state index contributed by atoms with van der Waals surface area (Å²) in [7, 11) is -3.57. The Morgan fingerprint density at radius 1 is 1.25 bits per heavy atom. The number of hydrogen-bond donors (Lipinski definition) is 2. The summed E-state index contributed by atoms with van der Waals surface area (Å²) in [5, 5.41) is 17.6. The van der Waals surface area contributed by atoms with E-state index in [4.69, 9.17) is 10.2 Å². The maximum atomic E-state index is 12.0. The van der Waals surface area contributed by atoms with E-state index in [0.717, 1.165) is 9.18 Å². The molecular weight excluding hydrogens is 250 g/mol. The molecule has 0 bridgehead atoms. The van der Waals surface area contributed by atoms with E-state index in [9.17, 15) is 8.42 Å². The Morgan fingerprint density at radius 2 is 1.81 bits per heavy atom. The number of rotatable bonds is 6. The molecule has 0 spiro atoms. The standard InChI is InChI=1S/C9H15NO4S2/c1-8-2-3-9(15-8)16(13,14)10(4-6-11)5-7-12/h2-3,11-12H,4-7H2,1H3. The summed E-state index contributed by atoms with van der Waals surface area (Å²) in [5.74, 6) is 0. The molecule has 0 saturated heterocycles. The minimum atomic E-state index is -3.57. The molecule has 0 unspecified atom stereocenters. The van der Waals surface area contributed by atoms with Crippen molar-refractivity contribution < 1.29 is 18.6 Å². The quantitative estimate of drug-likeness (QED) is 0.761. The molecule has 1 rings (SSSR count). The predicted octanol–water partition coefficient (Wildman–Crippen LogP) is 0.0318. The van der Waals surface area contributed by atoms with Crippen molar-refractivity contribution in [1.82, 2.24) is 4.31 Å². The van der Waals surface area contributed by atoms with Gasteiger partial charge in [-0.1, -0.05) is 0 Å². The summed E-state index contributed by atoms with van der Waals surface area (Å²) in [4.78, 5) is 0.909. The van der Waals surface area contributed by atoms with Crippen molar-refractivity contribution in [2.24, 2.45) is 0 Å². The third-order valence-electron chi connectivity index (χ3n) is 2.01. The van der Waals surface area contributed by atoms with Crippen LogP contribution in [0.5, 0.6) is 0 Å². The van der Waals surface area contributed by atoms with Gasteiger partial charge in [-0.2, -0.15) is 4.31 Å². The lowest BCUT2D eigenvalue weighted by Crippen LogP contribution is -2.35. The van der Waals surface area contributed by atoms with E-state index in [0.29, 0.717) is 0 Å². The third kappa shape index (κ3) is 3.02. The molecule has 0 aromatic carbocycles. The van der Waals surface area contributed by atoms with E-state index in [2.05, 4.69) is 0 Å². The Morgan fingerprint density at radius 3 is 2.19 bits per heavy atom. The zero-order valence-electron chi connectivity index (χ0n) is 8.96. The predicted molar refractivity (Wildman–Crippen MR) is 62.0 cm³/mol. The number of aryl methyl sites for hydroxylation is 1. The molecule has 1 heterocycles. The van der Waals surface area contributed by atoms with Gasteiger partial charge in [-0.25, -0.2) is 8.42 Å². The number of aliphatic hydroxyl groups is 2. The highest BCUT2D eigenvalue weighted by atomic mass is 32.2. The Balaban J connectivity index is 2.97. The van der Waals surface area contributed by atoms with Crippen LogP contribution in [0.25, 0.3) is 0 Å². The van der Waals surface area contributed by atoms with Crippen LogP contribution in [0.4, 0.5) is 0 Å². The maximum Gasteiger partial charge on any atom is 0.252 e. The van der Waals surface area contributed by atoms with Crippen LogP contribution >= 0.6 is 11.3 Å². The minimum Gasteiger partial charge on any atom is -0.395 e. The van der Waals surface area contributed by atoms with Crippen LogP contribution in [0.2, 0.25) is 0 Å². The highest BCUT2D eigenvalue weighted by Gasteiger charge is 2.24. The normalized spacial score (nSPS) is 12.2. The van der Waals surface area contributed by atoms with Gasteiger partial charge in [-0.05, 0) is 19.1 Å². The van der Waals surface area contributed by atoms with Gasteiger partial charge in [-0.15, -0.1) is 11.3 Å². The zero-order valence-corrected chi connectivity index (χ0v) is 10.6. The molecule has 92 valence electrons. The van der Waals surface area contributed by atoms with Crippen LogP contribution in [0.3, 0.4) is 0 Å². The first-order chi connectivity index (χ1) is 7.52. The first kappa shape index (κ1) is 13.6. The lowest BCUT2D eigenvalue weighted by Gasteiger charge is -2.18. The summed E-state index contributed by atoms with van der Waals surface area (Å²) < 4.78 is 25.4. The molecule has 0 atom stereocenters. The molecule has 0 amide bonds. The second-order valence-corrected chi connectivity index (χ2v) is 6.67. The monoisotopic (exact) mass is 265 g/mol. The zero-order chi connectivity index (χ0) is 12.2. The third-order valence-corrected chi connectivity index (χ3v) is 5.38. The van der Waals surface area contributed by atoms with Crippen molar-refractivity contribution >= 4 is 21.4 Å². The Bertz CT molecular complexity index is 420. The Labute approximate surface area is 99.0 Å². The maximum absolute atomic E-state index is 12.0. The molecule has 16 heavy (non-hydrogen) atoms. The van der Waals surface area contributed by atoms with Gasteiger partial charge in [0.15, 0.2) is 0 Å². The van der Waals surface area contributed by atoms with Gasteiger partial charge in [0.25, 0.3) is 10.0 Å². The van der Waals surface area contributed by atoms with E-state index in [1.54, 1.807) is 6.07 Å². The van der Waals surface area contributed by atoms with E-state index in [-0.39, 0.29) is 30.5 Å². The van der Waals surface area contributed by atoms with E-state index < -0.39 is 10.0 Å². The first-order valence-corrected chi connectivity index (χ1v) is 7.06. The largest absolute Gasteiger partial charge is 0.395 e. The van der Waals surface area contributed by atoms with Gasteiger partial charge >= 0.3 is 0 Å². The van der Waals surface area contributed by atoms with Crippen molar-refractivity contribution in [3.8, 4) is 0 Å². The summed E-state index contributed by atoms with van der Waals surface area (Å²) in [6, 6.07) is 3.27. The lowest BCUT2D eigenvalue weighted by atomic mass is 10.5. The summed E-state index contributed by atoms with van der Waals surface area (Å²) >= 11 is 1.18. The molecule has 7 heteroatoms. The second kappa shape index (κ2) is 5.74. The van der Waals surface area contributed by atoms with Gasteiger partial charge < -0.3 is 10.2 Å². The number of thiophene rings is 1. The lowest BCUT2D eigenvalue weighted by molar-refractivity contribution is 0.217. The molecule has 1 aromatic rings. The topological polar surface area (TPSA) is 77.8 Å². The van der Waals surface area contributed by atoms with Crippen LogP contribution < -0.4 is 0 Å². The highest BCUT2D eigenvalue weighted by Crippen LogP contribution is 2.23. The fourth-order valence-corrected chi connectivity index (χ4v) is 4.11. The van der Waals surface area contributed by atoms with Gasteiger partial charge in [0.2, 0.25) is 0 Å². The van der Waals surface area contributed by atoms with Crippen LogP contribution in [0.1, 0.15) is 4.88 Å². The molecule has 0 fully saturated rings. The molecule has 1 aromatic heterocycles. The molecule has 0 saturated carbocycles. The summed E-state index contributed by atoms with van der Waals surface area (Å²) in [6.07, 6.45) is 0. The van der Waals surface area contributed by atoms with E-state index >= 15 is 0 Å². The summed E-state index contributed by atoms with van der Waals surface area (Å²) in [5.41, 5.74) is 0. The van der Waals surface area contributed by atoms with Crippen molar-refractivity contribution in [3.05, 3.63) is 17.0 Å². The van der Waals surface area contributed by atoms with Crippen LogP contribution in [-0.2, 0) is 10.0 Å². The Kier molecular flexibility index (Phi) is 4.88. The average molecular weight is 265 g/mol. The van der Waals surface area contributed by atoms with Crippen molar-refractivity contribution in [2.45, 2.75) is 11.1 Å². The van der Waals surface area contributed by atoms with Crippen molar-refractivity contribution in [3.63, 3.8) is 0 Å². The minimum absolute atomic E-state index is 0.000158. The highest BCUT2D eigenvalue weighted by molar-refractivity contribution is 7.91. The van der Waals surface area contributed by atoms with Gasteiger partial charge in [0.1, 0.15) is 4.21 Å². The van der Waals surface area contributed by atoms with E-state index in [1.807, 2.05) is 6.92 Å². The number of aliphatic hydroxyl groups excluding tert-OH is 2. The first-order valence-electron chi connectivity index (χ1n) is 4.80. The SMILES string of the molecule is Cc1ccc(S(=O)(=O)N(CCO)CCO)s1. The molecule has 0 radical (unpaired) electrons. The fourth-order valence-electron chi connectivity index (χ4n) is 1.25. The van der Waals surface area contributed by atoms with E-state index in [1.165, 1.54) is 17.4 Å². The molecule has 0 aliphatic carbocycles. The number of sulfonamides is 1.